The Labute approximate surface area is 167 Å². The molecule has 0 saturated carbocycles. The predicted octanol–water partition coefficient (Wildman–Crippen LogP) is 3.23. The zero-order chi connectivity index (χ0) is 20.7. The molecule has 1 amide bonds. The Bertz CT molecular complexity index is 876. The van der Waals surface area contributed by atoms with Gasteiger partial charge in [0.15, 0.2) is 0 Å². The van der Waals surface area contributed by atoms with Gasteiger partial charge in [0.25, 0.3) is 0 Å². The van der Waals surface area contributed by atoms with E-state index < -0.39 is 10.0 Å². The van der Waals surface area contributed by atoms with Crippen molar-refractivity contribution in [3.63, 3.8) is 0 Å². The van der Waals surface area contributed by atoms with E-state index in [1.807, 2.05) is 38.1 Å². The molecule has 0 bridgehead atoms. The van der Waals surface area contributed by atoms with Crippen LogP contribution in [0.4, 0.5) is 5.69 Å². The van der Waals surface area contributed by atoms with Crippen molar-refractivity contribution in [1.29, 1.82) is 0 Å². The van der Waals surface area contributed by atoms with E-state index in [0.29, 0.717) is 19.4 Å². The second kappa shape index (κ2) is 9.71. The molecule has 0 heterocycles. The van der Waals surface area contributed by atoms with Gasteiger partial charge in [0, 0.05) is 25.7 Å². The van der Waals surface area contributed by atoms with E-state index in [1.54, 1.807) is 43.3 Å². The van der Waals surface area contributed by atoms with Gasteiger partial charge in [-0.15, -0.1) is 0 Å². The van der Waals surface area contributed by atoms with Crippen LogP contribution in [0, 0.1) is 5.92 Å². The van der Waals surface area contributed by atoms with Crippen LogP contribution in [0.15, 0.2) is 53.4 Å². The highest BCUT2D eigenvalue weighted by molar-refractivity contribution is 7.89. The number of nitrogens with zero attached hydrogens (tertiary/aromatic N) is 1. The monoisotopic (exact) mass is 404 g/mol. The van der Waals surface area contributed by atoms with Crippen LogP contribution in [-0.4, -0.2) is 35.0 Å². The van der Waals surface area contributed by atoms with Gasteiger partial charge in [0.05, 0.1) is 12.0 Å². The van der Waals surface area contributed by atoms with Crippen molar-refractivity contribution < 1.29 is 17.9 Å². The van der Waals surface area contributed by atoms with Crippen molar-refractivity contribution in [2.24, 2.45) is 5.92 Å². The third-order valence-electron chi connectivity index (χ3n) is 4.38. The molecular weight excluding hydrogens is 376 g/mol. The Hall–Kier alpha value is -2.38. The lowest BCUT2D eigenvalue weighted by Crippen LogP contribution is -2.27. The minimum atomic E-state index is -3.49. The van der Waals surface area contributed by atoms with Crippen LogP contribution >= 0.6 is 0 Å². The van der Waals surface area contributed by atoms with Gasteiger partial charge in [0.2, 0.25) is 15.9 Å². The van der Waals surface area contributed by atoms with E-state index >= 15 is 0 Å². The first kappa shape index (κ1) is 21.9. The maximum Gasteiger partial charge on any atom is 0.240 e. The molecule has 0 aliphatic heterocycles. The summed E-state index contributed by atoms with van der Waals surface area (Å²) in [5.74, 6) is 0.964. The lowest BCUT2D eigenvalue weighted by atomic mass is 10.1. The fraction of sp³-hybridized carbons (Fsp3) is 0.381. The molecule has 0 fully saturated rings. The summed E-state index contributed by atoms with van der Waals surface area (Å²) >= 11 is 0. The largest absolute Gasteiger partial charge is 0.497 e. The highest BCUT2D eigenvalue weighted by Gasteiger charge is 2.15. The molecule has 0 aliphatic rings. The van der Waals surface area contributed by atoms with E-state index in [9.17, 15) is 13.2 Å². The van der Waals surface area contributed by atoms with E-state index in [2.05, 4.69) is 4.72 Å². The molecule has 0 radical (unpaired) electrons. The molecule has 28 heavy (non-hydrogen) atoms. The SMILES string of the molecule is COc1ccc(N(C)C(=O)CCc2ccc(S(=O)(=O)NCC(C)C)cc2)cc1. The third kappa shape index (κ3) is 6.07. The number of aryl methyl sites for hydroxylation is 1. The van der Waals surface area contributed by atoms with Crippen molar-refractivity contribution in [2.45, 2.75) is 31.6 Å². The first-order chi connectivity index (χ1) is 13.2. The Morgan fingerprint density at radius 2 is 1.68 bits per heavy atom. The van der Waals surface area contributed by atoms with E-state index in [-0.39, 0.29) is 16.7 Å². The topological polar surface area (TPSA) is 75.7 Å². The Kier molecular flexibility index (Phi) is 7.60. The molecule has 0 atom stereocenters. The molecule has 2 aromatic rings. The van der Waals surface area contributed by atoms with Crippen molar-refractivity contribution in [3.8, 4) is 5.75 Å². The summed E-state index contributed by atoms with van der Waals surface area (Å²) in [6.07, 6.45) is 0.874. The molecule has 0 aromatic heterocycles. The number of methoxy groups -OCH3 is 1. The van der Waals surface area contributed by atoms with Gasteiger partial charge < -0.3 is 9.64 Å². The number of carbonyl (C=O) groups is 1. The Balaban J connectivity index is 1.94. The summed E-state index contributed by atoms with van der Waals surface area (Å²) in [6.45, 7) is 4.30. The smallest absolute Gasteiger partial charge is 0.240 e. The minimum absolute atomic E-state index is 0.0135. The van der Waals surface area contributed by atoms with Crippen LogP contribution < -0.4 is 14.4 Å². The number of rotatable bonds is 9. The number of amides is 1. The number of anilines is 1. The Morgan fingerprint density at radius 3 is 2.21 bits per heavy atom. The van der Waals surface area contributed by atoms with Gasteiger partial charge in [0.1, 0.15) is 5.75 Å². The second-order valence-corrected chi connectivity index (χ2v) is 8.81. The normalized spacial score (nSPS) is 11.5. The van der Waals surface area contributed by atoms with Gasteiger partial charge in [-0.05, 0) is 54.3 Å². The maximum absolute atomic E-state index is 12.4. The Morgan fingerprint density at radius 1 is 1.07 bits per heavy atom. The average Bonchev–Trinajstić information content (AvgIpc) is 2.70. The maximum atomic E-state index is 12.4. The summed E-state index contributed by atoms with van der Waals surface area (Å²) in [5, 5.41) is 0. The first-order valence-electron chi connectivity index (χ1n) is 9.22. The fourth-order valence-corrected chi connectivity index (χ4v) is 3.78. The summed E-state index contributed by atoms with van der Waals surface area (Å²) in [5.41, 5.74) is 1.71. The van der Waals surface area contributed by atoms with Crippen molar-refractivity contribution >= 4 is 21.6 Å². The lowest BCUT2D eigenvalue weighted by Gasteiger charge is -2.17. The number of carbonyl (C=O) groups excluding carboxylic acids is 1. The van der Waals surface area contributed by atoms with E-state index in [4.69, 9.17) is 4.74 Å². The molecule has 0 aliphatic carbocycles. The third-order valence-corrected chi connectivity index (χ3v) is 5.82. The molecule has 152 valence electrons. The summed E-state index contributed by atoms with van der Waals surface area (Å²) in [6, 6.07) is 14.0. The van der Waals surface area contributed by atoms with E-state index in [1.165, 1.54) is 0 Å². The molecular formula is C21H28N2O4S. The van der Waals surface area contributed by atoms with Crippen LogP contribution in [0.25, 0.3) is 0 Å². The number of benzene rings is 2. The van der Waals surface area contributed by atoms with Gasteiger partial charge in [-0.2, -0.15) is 0 Å². The van der Waals surface area contributed by atoms with Gasteiger partial charge >= 0.3 is 0 Å². The summed E-state index contributed by atoms with van der Waals surface area (Å²) < 4.78 is 32.2. The highest BCUT2D eigenvalue weighted by Crippen LogP contribution is 2.19. The zero-order valence-electron chi connectivity index (χ0n) is 16.8. The van der Waals surface area contributed by atoms with Crippen molar-refractivity contribution in [1.82, 2.24) is 4.72 Å². The van der Waals surface area contributed by atoms with E-state index in [0.717, 1.165) is 17.0 Å². The van der Waals surface area contributed by atoms with Crippen LogP contribution in [0.1, 0.15) is 25.8 Å². The standard InChI is InChI=1S/C21H28N2O4S/c1-16(2)15-22-28(25,26)20-12-5-17(6-13-20)7-14-21(24)23(3)18-8-10-19(27-4)11-9-18/h5-6,8-13,16,22H,7,14-15H2,1-4H3. The molecule has 0 unspecified atom stereocenters. The zero-order valence-corrected chi connectivity index (χ0v) is 17.6. The van der Waals surface area contributed by atoms with Crippen LogP contribution in [0.3, 0.4) is 0 Å². The predicted molar refractivity (Wildman–Crippen MR) is 111 cm³/mol. The molecule has 7 heteroatoms. The molecule has 1 N–H and O–H groups in total. The number of hydrogen-bond acceptors (Lipinski definition) is 4. The number of hydrogen-bond donors (Lipinski definition) is 1. The quantitative estimate of drug-likeness (QED) is 0.696. The van der Waals surface area contributed by atoms with Gasteiger partial charge in [-0.1, -0.05) is 26.0 Å². The number of sulfonamides is 1. The van der Waals surface area contributed by atoms with Crippen molar-refractivity contribution in [3.05, 3.63) is 54.1 Å². The highest BCUT2D eigenvalue weighted by atomic mass is 32.2. The number of ether oxygens (including phenoxy) is 1. The van der Waals surface area contributed by atoms with Crippen LogP contribution in [0.5, 0.6) is 5.75 Å². The average molecular weight is 405 g/mol. The van der Waals surface area contributed by atoms with Gasteiger partial charge in [-0.3, -0.25) is 4.79 Å². The second-order valence-electron chi connectivity index (χ2n) is 7.04. The first-order valence-corrected chi connectivity index (χ1v) is 10.7. The minimum Gasteiger partial charge on any atom is -0.497 e. The molecule has 2 rings (SSSR count). The summed E-state index contributed by atoms with van der Waals surface area (Å²) in [4.78, 5) is 14.3. The van der Waals surface area contributed by atoms with Crippen LogP contribution in [-0.2, 0) is 21.2 Å². The van der Waals surface area contributed by atoms with Gasteiger partial charge in [-0.25, -0.2) is 13.1 Å². The fourth-order valence-electron chi connectivity index (χ4n) is 2.56. The summed E-state index contributed by atoms with van der Waals surface area (Å²) in [7, 11) is -0.160. The van der Waals surface area contributed by atoms with Crippen molar-refractivity contribution in [2.75, 3.05) is 25.6 Å². The van der Waals surface area contributed by atoms with Crippen LogP contribution in [0.2, 0.25) is 0 Å². The molecule has 6 nitrogen and oxygen atoms in total. The molecule has 0 saturated heterocycles. The molecule has 0 spiro atoms. The number of nitrogens with one attached hydrogen (secondary N) is 1. The lowest BCUT2D eigenvalue weighted by molar-refractivity contribution is -0.118. The molecule has 2 aromatic carbocycles.